The van der Waals surface area contributed by atoms with E-state index >= 15 is 0 Å². The lowest BCUT2D eigenvalue weighted by molar-refractivity contribution is -0.139. The van der Waals surface area contributed by atoms with Gasteiger partial charge in [0.25, 0.3) is 0 Å². The van der Waals surface area contributed by atoms with Gasteiger partial charge in [0.1, 0.15) is 0 Å². The lowest BCUT2D eigenvalue weighted by Gasteiger charge is -2.04. The van der Waals surface area contributed by atoms with Crippen LogP contribution >= 0.6 is 0 Å². The summed E-state index contributed by atoms with van der Waals surface area (Å²) in [4.78, 5) is 33.7. The van der Waals surface area contributed by atoms with Crippen LogP contribution in [0, 0.1) is 0 Å². The molecule has 5 nitrogen and oxygen atoms in total. The summed E-state index contributed by atoms with van der Waals surface area (Å²) < 4.78 is 9.43. The summed E-state index contributed by atoms with van der Waals surface area (Å²) in [5.74, 6) is -1.37. The van der Waals surface area contributed by atoms with Crippen molar-refractivity contribution < 1.29 is 23.9 Å². The third-order valence-corrected chi connectivity index (χ3v) is 2.10. The number of hydrogen-bond donors (Lipinski definition) is 0. The van der Waals surface area contributed by atoms with Gasteiger partial charge in [-0.2, -0.15) is 0 Å². The van der Waals surface area contributed by atoms with Gasteiger partial charge in [0.2, 0.25) is 0 Å². The molecule has 0 heterocycles. The topological polar surface area (TPSA) is 69.7 Å². The van der Waals surface area contributed by atoms with E-state index in [0.29, 0.717) is 11.1 Å². The van der Waals surface area contributed by atoms with E-state index in [-0.39, 0.29) is 19.0 Å². The molecule has 1 aromatic rings. The summed E-state index contributed by atoms with van der Waals surface area (Å²) in [5.41, 5.74) is 0.604. The molecule has 0 atom stereocenters. The number of carbonyl (C=O) groups excluding carboxylic acids is 3. The fraction of sp³-hybridized carbons (Fsp3) is 0.308. The molecule has 0 fully saturated rings. The van der Waals surface area contributed by atoms with Crippen LogP contribution < -0.4 is 0 Å². The van der Waals surface area contributed by atoms with Crippen LogP contribution in [0.2, 0.25) is 0 Å². The van der Waals surface area contributed by atoms with Crippen LogP contribution in [0.5, 0.6) is 0 Å². The second-order valence-corrected chi connectivity index (χ2v) is 3.50. The number of esters is 2. The van der Waals surface area contributed by atoms with Crippen LogP contribution in [0.3, 0.4) is 0 Å². The molecule has 0 saturated heterocycles. The zero-order valence-electron chi connectivity index (χ0n) is 10.3. The molecule has 96 valence electrons. The molecule has 0 radical (unpaired) electrons. The molecule has 0 saturated carbocycles. The fourth-order valence-corrected chi connectivity index (χ4v) is 1.28. The van der Waals surface area contributed by atoms with E-state index in [1.54, 1.807) is 25.1 Å². The molecule has 0 spiro atoms. The lowest BCUT2D eigenvalue weighted by atomic mass is 10.1. The Kier molecular flexibility index (Phi) is 5.05. The minimum atomic E-state index is -0.523. The minimum Gasteiger partial charge on any atom is -0.462 e. The first kappa shape index (κ1) is 13.9. The Bertz CT molecular complexity index is 464. The molecule has 0 aliphatic rings. The highest BCUT2D eigenvalue weighted by atomic mass is 16.5. The Hall–Kier alpha value is -2.17. The summed E-state index contributed by atoms with van der Waals surface area (Å²) in [7, 11) is 0. The maximum Gasteiger partial charge on any atom is 0.338 e. The van der Waals surface area contributed by atoms with Gasteiger partial charge in [-0.15, -0.1) is 0 Å². The standard InChI is InChI=1S/C13H14O5/c1-3-17-13(16)11-6-4-5-10(7-11)12(15)8-18-9(2)14/h4-7H,3,8H2,1-2H3. The Balaban J connectivity index is 2.78. The molecule has 5 heteroatoms. The van der Waals surface area contributed by atoms with Crippen molar-refractivity contribution in [3.63, 3.8) is 0 Å². The van der Waals surface area contributed by atoms with Gasteiger partial charge in [0.15, 0.2) is 12.4 Å². The van der Waals surface area contributed by atoms with E-state index in [1.807, 2.05) is 0 Å². The van der Waals surface area contributed by atoms with Gasteiger partial charge in [-0.05, 0) is 19.1 Å². The molecule has 0 aliphatic heterocycles. The van der Waals surface area contributed by atoms with E-state index in [2.05, 4.69) is 4.74 Å². The van der Waals surface area contributed by atoms with Crippen LogP contribution in [0.1, 0.15) is 34.6 Å². The highest BCUT2D eigenvalue weighted by molar-refractivity contribution is 6.00. The number of Topliss-reactive ketones (excluding diaryl/α,β-unsaturated/α-hetero) is 1. The molecule has 0 N–H and O–H groups in total. The quantitative estimate of drug-likeness (QED) is 0.586. The second-order valence-electron chi connectivity index (χ2n) is 3.50. The highest BCUT2D eigenvalue weighted by Gasteiger charge is 2.12. The van der Waals surface area contributed by atoms with E-state index in [0.717, 1.165) is 0 Å². The number of benzene rings is 1. The van der Waals surface area contributed by atoms with E-state index in [1.165, 1.54) is 13.0 Å². The third-order valence-electron chi connectivity index (χ3n) is 2.10. The van der Waals surface area contributed by atoms with Crippen LogP contribution in [-0.4, -0.2) is 30.9 Å². The molecule has 0 unspecified atom stereocenters. The summed E-state index contributed by atoms with van der Waals surface area (Å²) >= 11 is 0. The molecule has 1 aromatic carbocycles. The third kappa shape index (κ3) is 4.01. The molecule has 0 bridgehead atoms. The van der Waals surface area contributed by atoms with Crippen molar-refractivity contribution in [3.8, 4) is 0 Å². The van der Waals surface area contributed by atoms with Crippen molar-refractivity contribution in [2.24, 2.45) is 0 Å². The molecule has 1 rings (SSSR count). The Labute approximate surface area is 105 Å². The smallest absolute Gasteiger partial charge is 0.338 e. The first-order chi connectivity index (χ1) is 8.54. The highest BCUT2D eigenvalue weighted by Crippen LogP contribution is 2.08. The van der Waals surface area contributed by atoms with Gasteiger partial charge in [-0.3, -0.25) is 9.59 Å². The zero-order valence-corrected chi connectivity index (χ0v) is 10.3. The maximum absolute atomic E-state index is 11.7. The summed E-state index contributed by atoms with van der Waals surface area (Å²) in [6.07, 6.45) is 0. The predicted octanol–water partition coefficient (Wildman–Crippen LogP) is 1.61. The molecular weight excluding hydrogens is 236 g/mol. The number of hydrogen-bond acceptors (Lipinski definition) is 5. The van der Waals surface area contributed by atoms with Crippen LogP contribution in [0.25, 0.3) is 0 Å². The van der Waals surface area contributed by atoms with E-state index in [9.17, 15) is 14.4 Å². The van der Waals surface area contributed by atoms with Gasteiger partial charge in [-0.25, -0.2) is 4.79 Å². The molecule has 0 amide bonds. The van der Waals surface area contributed by atoms with Gasteiger partial charge in [-0.1, -0.05) is 12.1 Å². The van der Waals surface area contributed by atoms with Crippen molar-refractivity contribution in [3.05, 3.63) is 35.4 Å². The maximum atomic E-state index is 11.7. The Morgan fingerprint density at radius 3 is 2.39 bits per heavy atom. The average molecular weight is 250 g/mol. The van der Waals surface area contributed by atoms with Crippen LogP contribution in [0.15, 0.2) is 24.3 Å². The average Bonchev–Trinajstić information content (AvgIpc) is 2.36. The minimum absolute atomic E-state index is 0.268. The van der Waals surface area contributed by atoms with Gasteiger partial charge >= 0.3 is 11.9 Å². The van der Waals surface area contributed by atoms with E-state index in [4.69, 9.17) is 4.74 Å². The Morgan fingerprint density at radius 1 is 1.11 bits per heavy atom. The number of ketones is 1. The van der Waals surface area contributed by atoms with Gasteiger partial charge in [0.05, 0.1) is 12.2 Å². The second kappa shape index (κ2) is 6.54. The number of carbonyl (C=O) groups is 3. The number of ether oxygens (including phenoxy) is 2. The van der Waals surface area contributed by atoms with Crippen molar-refractivity contribution in [2.45, 2.75) is 13.8 Å². The van der Waals surface area contributed by atoms with Gasteiger partial charge in [0, 0.05) is 12.5 Å². The van der Waals surface area contributed by atoms with Crippen LogP contribution in [-0.2, 0) is 14.3 Å². The number of rotatable bonds is 5. The fourth-order valence-electron chi connectivity index (χ4n) is 1.28. The lowest BCUT2D eigenvalue weighted by Crippen LogP contribution is -2.13. The van der Waals surface area contributed by atoms with Crippen molar-refractivity contribution in [1.29, 1.82) is 0 Å². The van der Waals surface area contributed by atoms with Gasteiger partial charge < -0.3 is 9.47 Å². The van der Waals surface area contributed by atoms with Crippen LogP contribution in [0.4, 0.5) is 0 Å². The molecule has 0 aliphatic carbocycles. The molecule has 18 heavy (non-hydrogen) atoms. The van der Waals surface area contributed by atoms with E-state index < -0.39 is 11.9 Å². The van der Waals surface area contributed by atoms with Crippen molar-refractivity contribution in [2.75, 3.05) is 13.2 Å². The molecule has 0 aromatic heterocycles. The SMILES string of the molecule is CCOC(=O)c1cccc(C(=O)COC(C)=O)c1. The first-order valence-corrected chi connectivity index (χ1v) is 5.48. The normalized spacial score (nSPS) is 9.67. The monoisotopic (exact) mass is 250 g/mol. The Morgan fingerprint density at radius 2 is 1.78 bits per heavy atom. The van der Waals surface area contributed by atoms with Crippen molar-refractivity contribution >= 4 is 17.7 Å². The summed E-state index contributed by atoms with van der Waals surface area (Å²) in [6, 6.07) is 6.10. The predicted molar refractivity (Wildman–Crippen MR) is 63.4 cm³/mol. The summed E-state index contributed by atoms with van der Waals surface area (Å²) in [6.45, 7) is 2.86. The zero-order chi connectivity index (χ0) is 13.5. The van der Waals surface area contributed by atoms with Crippen molar-refractivity contribution in [1.82, 2.24) is 0 Å². The first-order valence-electron chi connectivity index (χ1n) is 5.48. The largest absolute Gasteiger partial charge is 0.462 e. The summed E-state index contributed by atoms with van der Waals surface area (Å²) in [5, 5.41) is 0. The molecular formula is C13H14O5.